The van der Waals surface area contributed by atoms with Gasteiger partial charge in [0.25, 0.3) is 0 Å². The summed E-state index contributed by atoms with van der Waals surface area (Å²) in [5, 5.41) is 9.21. The van der Waals surface area contributed by atoms with E-state index in [0.717, 1.165) is 4.31 Å². The molecule has 0 aliphatic carbocycles. The van der Waals surface area contributed by atoms with Gasteiger partial charge in [0.2, 0.25) is 10.0 Å². The van der Waals surface area contributed by atoms with Gasteiger partial charge in [-0.25, -0.2) is 12.7 Å². The fourth-order valence-corrected chi connectivity index (χ4v) is 3.14. The molecule has 0 aliphatic heterocycles. The maximum absolute atomic E-state index is 12.4. The highest BCUT2D eigenvalue weighted by Crippen LogP contribution is 2.23. The van der Waals surface area contributed by atoms with Crippen molar-refractivity contribution in [1.82, 2.24) is 4.31 Å². The van der Waals surface area contributed by atoms with Gasteiger partial charge in [-0.05, 0) is 25.1 Å². The lowest BCUT2D eigenvalue weighted by atomic mass is 10.2. The number of carbonyl (C=O) groups is 1. The van der Waals surface area contributed by atoms with Crippen LogP contribution in [-0.2, 0) is 19.6 Å². The smallest absolute Gasteiger partial charge is 0.307 e. The molecule has 0 amide bonds. The molecule has 114 valence electrons. The van der Waals surface area contributed by atoms with Gasteiger partial charge in [-0.3, -0.25) is 4.79 Å². The Kier molecular flexibility index (Phi) is 6.15. The Morgan fingerprint density at radius 1 is 1.48 bits per heavy atom. The molecule has 0 aliphatic rings. The van der Waals surface area contributed by atoms with Crippen LogP contribution in [0.25, 0.3) is 0 Å². The Morgan fingerprint density at radius 2 is 2.14 bits per heavy atom. The molecule has 0 radical (unpaired) electrons. The first-order valence-corrected chi connectivity index (χ1v) is 7.96. The highest BCUT2D eigenvalue weighted by molar-refractivity contribution is 7.89. The molecule has 8 heteroatoms. The van der Waals surface area contributed by atoms with Crippen molar-refractivity contribution in [3.05, 3.63) is 28.8 Å². The summed E-state index contributed by atoms with van der Waals surface area (Å²) < 4.78 is 30.5. The van der Waals surface area contributed by atoms with Gasteiger partial charge < -0.3 is 4.74 Å². The maximum atomic E-state index is 12.4. The van der Waals surface area contributed by atoms with Crippen LogP contribution in [-0.4, -0.2) is 38.9 Å². The monoisotopic (exact) mass is 330 g/mol. The van der Waals surface area contributed by atoms with Crippen LogP contribution in [0.5, 0.6) is 0 Å². The first-order valence-electron chi connectivity index (χ1n) is 6.14. The normalized spacial score (nSPS) is 11.2. The van der Waals surface area contributed by atoms with Crippen molar-refractivity contribution < 1.29 is 17.9 Å². The van der Waals surface area contributed by atoms with Crippen molar-refractivity contribution in [1.29, 1.82) is 5.26 Å². The Bertz CT molecular complexity index is 667. The lowest BCUT2D eigenvalue weighted by molar-refractivity contribution is -0.143. The minimum Gasteiger partial charge on any atom is -0.466 e. The number of nitriles is 1. The number of halogens is 1. The molecule has 0 aromatic heterocycles. The number of sulfonamides is 1. The first-order chi connectivity index (χ1) is 9.82. The summed E-state index contributed by atoms with van der Waals surface area (Å²) in [5.74, 6) is -0.480. The first kappa shape index (κ1) is 17.4. The maximum Gasteiger partial charge on any atom is 0.307 e. The molecule has 6 nitrogen and oxygen atoms in total. The van der Waals surface area contributed by atoms with E-state index in [4.69, 9.17) is 21.6 Å². The summed E-state index contributed by atoms with van der Waals surface area (Å²) in [6.07, 6.45) is -0.0635. The van der Waals surface area contributed by atoms with Crippen LogP contribution >= 0.6 is 11.6 Å². The summed E-state index contributed by atoms with van der Waals surface area (Å²) in [4.78, 5) is 11.1. The average molecular weight is 331 g/mol. The van der Waals surface area contributed by atoms with Crippen LogP contribution in [0, 0.1) is 11.3 Å². The third kappa shape index (κ3) is 4.43. The number of carbonyl (C=O) groups excluding carboxylic acids is 1. The Hall–Kier alpha value is -1.62. The van der Waals surface area contributed by atoms with E-state index < -0.39 is 16.0 Å². The second kappa shape index (κ2) is 7.41. The van der Waals surface area contributed by atoms with Crippen molar-refractivity contribution in [3.63, 3.8) is 0 Å². The van der Waals surface area contributed by atoms with Crippen LogP contribution in [0.2, 0.25) is 5.02 Å². The van der Waals surface area contributed by atoms with Crippen LogP contribution in [0.4, 0.5) is 0 Å². The summed E-state index contributed by atoms with van der Waals surface area (Å²) in [5.41, 5.74) is 0.00221. The minimum absolute atomic E-state index is 0.00221. The van der Waals surface area contributed by atoms with Gasteiger partial charge in [-0.15, -0.1) is 0 Å². The minimum atomic E-state index is -3.90. The number of rotatable bonds is 6. The second-order valence-corrected chi connectivity index (χ2v) is 6.58. The highest BCUT2D eigenvalue weighted by atomic mass is 35.5. The Balaban J connectivity index is 2.98. The van der Waals surface area contributed by atoms with Crippen LogP contribution in [0.3, 0.4) is 0 Å². The van der Waals surface area contributed by atoms with Gasteiger partial charge >= 0.3 is 5.97 Å². The quantitative estimate of drug-likeness (QED) is 0.742. The molecular weight excluding hydrogens is 316 g/mol. The average Bonchev–Trinajstić information content (AvgIpc) is 2.44. The van der Waals surface area contributed by atoms with Crippen molar-refractivity contribution in [2.45, 2.75) is 18.2 Å². The molecule has 1 aromatic carbocycles. The third-order valence-corrected chi connectivity index (χ3v) is 4.82. The van der Waals surface area contributed by atoms with E-state index >= 15 is 0 Å². The molecule has 0 spiro atoms. The Labute approximate surface area is 128 Å². The van der Waals surface area contributed by atoms with Gasteiger partial charge in [0.05, 0.1) is 18.6 Å². The SMILES string of the molecule is CCOC(=O)CCN(C)S(=O)(=O)c1cc(Cl)ccc1C#N. The predicted octanol–water partition coefficient (Wildman–Crippen LogP) is 1.79. The molecule has 0 saturated carbocycles. The molecule has 0 saturated heterocycles. The van der Waals surface area contributed by atoms with E-state index in [9.17, 15) is 13.2 Å². The molecule has 1 rings (SSSR count). The highest BCUT2D eigenvalue weighted by Gasteiger charge is 2.25. The van der Waals surface area contributed by atoms with E-state index in [1.165, 1.54) is 25.2 Å². The second-order valence-electron chi connectivity index (χ2n) is 4.13. The van der Waals surface area contributed by atoms with Crippen molar-refractivity contribution in [2.75, 3.05) is 20.2 Å². The lowest BCUT2D eigenvalue weighted by Crippen LogP contribution is -2.30. The fourth-order valence-electron chi connectivity index (χ4n) is 1.57. The molecular formula is C13H15ClN2O4S. The molecule has 0 fully saturated rings. The molecule has 0 N–H and O–H groups in total. The van der Waals surface area contributed by atoms with Gasteiger partial charge in [-0.2, -0.15) is 5.26 Å². The van der Waals surface area contributed by atoms with Crippen LogP contribution in [0.15, 0.2) is 23.1 Å². The molecule has 0 unspecified atom stereocenters. The molecule has 0 heterocycles. The largest absolute Gasteiger partial charge is 0.466 e. The number of hydrogen-bond acceptors (Lipinski definition) is 5. The predicted molar refractivity (Wildman–Crippen MR) is 77.2 cm³/mol. The number of benzene rings is 1. The number of esters is 1. The van der Waals surface area contributed by atoms with E-state index in [1.807, 2.05) is 6.07 Å². The van der Waals surface area contributed by atoms with Crippen LogP contribution in [0.1, 0.15) is 18.9 Å². The lowest BCUT2D eigenvalue weighted by Gasteiger charge is -2.17. The van der Waals surface area contributed by atoms with Crippen molar-refractivity contribution in [2.24, 2.45) is 0 Å². The standard InChI is InChI=1S/C13H15ClN2O4S/c1-3-20-13(17)6-7-16(2)21(18,19)12-8-11(14)5-4-10(12)9-15/h4-5,8H,3,6-7H2,1-2H3. The fraction of sp³-hybridized carbons (Fsp3) is 0.385. The molecule has 1 aromatic rings. The van der Waals surface area contributed by atoms with Gasteiger partial charge in [-0.1, -0.05) is 11.6 Å². The zero-order chi connectivity index (χ0) is 16.0. The van der Waals surface area contributed by atoms with E-state index in [1.54, 1.807) is 6.92 Å². The van der Waals surface area contributed by atoms with Crippen LogP contribution < -0.4 is 0 Å². The zero-order valence-electron chi connectivity index (χ0n) is 11.7. The van der Waals surface area contributed by atoms with E-state index in [0.29, 0.717) is 0 Å². The topological polar surface area (TPSA) is 87.5 Å². The summed E-state index contributed by atoms with van der Waals surface area (Å²) in [7, 11) is -2.57. The molecule has 0 atom stereocenters. The Morgan fingerprint density at radius 3 is 2.71 bits per heavy atom. The van der Waals surface area contributed by atoms with E-state index in [2.05, 4.69) is 0 Å². The zero-order valence-corrected chi connectivity index (χ0v) is 13.2. The van der Waals surface area contributed by atoms with E-state index in [-0.39, 0.29) is 35.1 Å². The van der Waals surface area contributed by atoms with Gasteiger partial charge in [0.15, 0.2) is 0 Å². The van der Waals surface area contributed by atoms with Crippen molar-refractivity contribution in [3.8, 4) is 6.07 Å². The summed E-state index contributed by atoms with van der Waals surface area (Å²) in [6.45, 7) is 1.87. The number of ether oxygens (including phenoxy) is 1. The van der Waals surface area contributed by atoms with Gasteiger partial charge in [0, 0.05) is 18.6 Å². The van der Waals surface area contributed by atoms with Crippen molar-refractivity contribution >= 4 is 27.6 Å². The summed E-state index contributed by atoms with van der Waals surface area (Å²) in [6, 6.07) is 5.82. The summed E-state index contributed by atoms with van der Waals surface area (Å²) >= 11 is 5.79. The number of hydrogen-bond donors (Lipinski definition) is 0. The number of nitrogens with zero attached hydrogens (tertiary/aromatic N) is 2. The molecule has 21 heavy (non-hydrogen) atoms. The van der Waals surface area contributed by atoms with Gasteiger partial charge in [0.1, 0.15) is 11.0 Å². The third-order valence-electron chi connectivity index (χ3n) is 2.69. The molecule has 0 bridgehead atoms.